The Kier molecular flexibility index (Phi) is 7.67. The Morgan fingerprint density at radius 1 is 1.23 bits per heavy atom. The zero-order valence-electron chi connectivity index (χ0n) is 21.3. The number of halogens is 4. The molecule has 0 unspecified atom stereocenters. The van der Waals surface area contributed by atoms with E-state index in [1.807, 2.05) is 0 Å². The first kappa shape index (κ1) is 28.1. The van der Waals surface area contributed by atoms with E-state index >= 15 is 0 Å². The molecule has 208 valence electrons. The molecule has 0 bridgehead atoms. The monoisotopic (exact) mass is 548 g/mol. The van der Waals surface area contributed by atoms with Crippen molar-refractivity contribution < 1.29 is 36.7 Å². The van der Waals surface area contributed by atoms with Crippen LogP contribution in [-0.2, 0) is 19.7 Å². The number of hydrogen-bond acceptors (Lipinski definition) is 5. The van der Waals surface area contributed by atoms with Gasteiger partial charge in [0.2, 0.25) is 17.9 Å². The average molecular weight is 549 g/mol. The molecule has 2 aromatic carbocycles. The van der Waals surface area contributed by atoms with Gasteiger partial charge in [-0.3, -0.25) is 14.6 Å². The van der Waals surface area contributed by atoms with Crippen LogP contribution in [0, 0.1) is 11.7 Å². The fourth-order valence-electron chi connectivity index (χ4n) is 5.14. The van der Waals surface area contributed by atoms with Crippen LogP contribution in [0.3, 0.4) is 0 Å². The van der Waals surface area contributed by atoms with Crippen molar-refractivity contribution in [3.05, 3.63) is 65.5 Å². The van der Waals surface area contributed by atoms with Gasteiger partial charge in [0.05, 0.1) is 5.41 Å². The zero-order valence-corrected chi connectivity index (χ0v) is 21.3. The summed E-state index contributed by atoms with van der Waals surface area (Å²) in [6.07, 6.45) is -9.66. The number of anilines is 1. The van der Waals surface area contributed by atoms with Crippen LogP contribution in [0.1, 0.15) is 43.9 Å². The Hall–Kier alpha value is -3.96. The maximum absolute atomic E-state index is 14.1. The molecule has 2 heterocycles. The molecule has 0 aromatic heterocycles. The number of likely N-dealkylation sites (tertiary alicyclic amines) is 1. The highest BCUT2D eigenvalue weighted by atomic mass is 19.4. The Morgan fingerprint density at radius 2 is 1.92 bits per heavy atom. The minimum atomic E-state index is -4.89. The third-order valence-corrected chi connectivity index (χ3v) is 6.93. The van der Waals surface area contributed by atoms with Crippen LogP contribution in [-0.4, -0.2) is 54.5 Å². The van der Waals surface area contributed by atoms with Gasteiger partial charge in [0.15, 0.2) is 0 Å². The molecule has 3 amide bonds. The number of amides is 3. The van der Waals surface area contributed by atoms with Gasteiger partial charge < -0.3 is 20.3 Å². The lowest BCUT2D eigenvalue weighted by Crippen LogP contribution is -2.51. The molecular weight excluding hydrogens is 520 g/mol. The maximum atomic E-state index is 14.1. The number of ether oxygens (including phenoxy) is 1. The van der Waals surface area contributed by atoms with Gasteiger partial charge in [0, 0.05) is 24.2 Å². The number of aliphatic imine (C=N–C) groups is 1. The number of alkyl carbamates (subject to hydrolysis) is 1. The van der Waals surface area contributed by atoms with Crippen molar-refractivity contribution in [1.82, 2.24) is 10.2 Å². The number of hydrogen-bond donors (Lipinski definition) is 2. The van der Waals surface area contributed by atoms with Crippen molar-refractivity contribution in [2.75, 3.05) is 11.9 Å². The summed E-state index contributed by atoms with van der Waals surface area (Å²) in [5.74, 6) is -1.81. The Balaban J connectivity index is 1.57. The molecule has 4 rings (SSSR count). The van der Waals surface area contributed by atoms with Gasteiger partial charge in [-0.25, -0.2) is 9.18 Å². The van der Waals surface area contributed by atoms with Crippen molar-refractivity contribution in [2.24, 2.45) is 10.9 Å². The molecular formula is C27H28F4N4O4. The van der Waals surface area contributed by atoms with Crippen LogP contribution < -0.4 is 10.6 Å². The number of rotatable bonds is 7. The van der Waals surface area contributed by atoms with Crippen molar-refractivity contribution in [2.45, 2.75) is 56.6 Å². The first-order chi connectivity index (χ1) is 18.4. The topological polar surface area (TPSA) is 100 Å². The lowest BCUT2D eigenvalue weighted by atomic mass is 9.80. The van der Waals surface area contributed by atoms with Crippen LogP contribution >= 0.6 is 0 Å². The van der Waals surface area contributed by atoms with E-state index in [1.54, 1.807) is 13.8 Å². The molecule has 8 nitrogen and oxygen atoms in total. The largest absolute Gasteiger partial charge is 0.432 e. The molecule has 2 aliphatic heterocycles. The maximum Gasteiger partial charge on any atom is 0.429 e. The first-order valence-corrected chi connectivity index (χ1v) is 12.3. The molecule has 2 aliphatic rings. The molecule has 1 spiro atoms. The molecule has 0 saturated carbocycles. The second-order valence-corrected chi connectivity index (χ2v) is 10.1. The smallest absolute Gasteiger partial charge is 0.429 e. The van der Waals surface area contributed by atoms with Crippen molar-refractivity contribution in [1.29, 1.82) is 0 Å². The van der Waals surface area contributed by atoms with E-state index < -0.39 is 53.6 Å². The average Bonchev–Trinajstić information content (AvgIpc) is 3.39. The van der Waals surface area contributed by atoms with E-state index in [-0.39, 0.29) is 30.9 Å². The van der Waals surface area contributed by atoms with Crippen molar-refractivity contribution in [3.8, 4) is 0 Å². The second-order valence-electron chi connectivity index (χ2n) is 10.1. The number of carbonyl (C=O) groups is 3. The molecule has 39 heavy (non-hydrogen) atoms. The van der Waals surface area contributed by atoms with Crippen LogP contribution in [0.5, 0.6) is 0 Å². The van der Waals surface area contributed by atoms with Gasteiger partial charge in [-0.05, 0) is 42.8 Å². The molecule has 0 radical (unpaired) electrons. The standard InChI is InChI=1S/C27H28F4N4O4/c1-15(2)11-20(34-25(38)39-22(27(29,30)31)16-7-5-4-6-8-16)23(36)35-14-26(13-21(35)32-3)18-12-17(28)9-10-19(18)33-24(26)37/h4-10,12,15,20-22H,3,11,13-14H2,1-2H3,(H,33,37)(H,34,38)/t20-,21-,22-,26-/m0/s1. The normalized spacial score (nSPS) is 21.9. The predicted octanol–water partition coefficient (Wildman–Crippen LogP) is 4.72. The summed E-state index contributed by atoms with van der Waals surface area (Å²) in [7, 11) is 0. The molecule has 2 aromatic rings. The summed E-state index contributed by atoms with van der Waals surface area (Å²) < 4.78 is 60.0. The third kappa shape index (κ3) is 5.59. The summed E-state index contributed by atoms with van der Waals surface area (Å²) in [6, 6.07) is 9.24. The van der Waals surface area contributed by atoms with Gasteiger partial charge in [0.25, 0.3) is 0 Å². The number of alkyl halides is 3. The fourth-order valence-corrected chi connectivity index (χ4v) is 5.14. The number of carbonyl (C=O) groups excluding carboxylic acids is 3. The van der Waals surface area contributed by atoms with E-state index in [9.17, 15) is 31.9 Å². The Labute approximate surface area is 222 Å². The first-order valence-electron chi connectivity index (χ1n) is 12.3. The van der Waals surface area contributed by atoms with Crippen molar-refractivity contribution in [3.63, 3.8) is 0 Å². The lowest BCUT2D eigenvalue weighted by molar-refractivity contribution is -0.206. The van der Waals surface area contributed by atoms with Crippen LogP contribution in [0.25, 0.3) is 0 Å². The molecule has 4 atom stereocenters. The molecule has 0 aliphatic carbocycles. The van der Waals surface area contributed by atoms with Gasteiger partial charge in [-0.2, -0.15) is 13.2 Å². The molecule has 2 N–H and O–H groups in total. The third-order valence-electron chi connectivity index (χ3n) is 6.93. The Bertz CT molecular complexity index is 1270. The van der Waals surface area contributed by atoms with Gasteiger partial charge >= 0.3 is 12.3 Å². The van der Waals surface area contributed by atoms with Gasteiger partial charge in [-0.15, -0.1) is 0 Å². The van der Waals surface area contributed by atoms with Gasteiger partial charge in [0.1, 0.15) is 18.0 Å². The summed E-state index contributed by atoms with van der Waals surface area (Å²) in [6.45, 7) is 6.88. The summed E-state index contributed by atoms with van der Waals surface area (Å²) >= 11 is 0. The molecule has 1 fully saturated rings. The summed E-state index contributed by atoms with van der Waals surface area (Å²) in [4.78, 5) is 44.7. The van der Waals surface area contributed by atoms with Crippen LogP contribution in [0.2, 0.25) is 0 Å². The molecule has 12 heteroatoms. The van der Waals surface area contributed by atoms with Crippen LogP contribution in [0.15, 0.2) is 53.5 Å². The highest BCUT2D eigenvalue weighted by Gasteiger charge is 2.56. The Morgan fingerprint density at radius 3 is 2.54 bits per heavy atom. The lowest BCUT2D eigenvalue weighted by Gasteiger charge is -2.29. The second kappa shape index (κ2) is 10.7. The minimum absolute atomic E-state index is 0.0214. The predicted molar refractivity (Wildman–Crippen MR) is 134 cm³/mol. The number of fused-ring (bicyclic) bond motifs is 2. The molecule has 1 saturated heterocycles. The summed E-state index contributed by atoms with van der Waals surface area (Å²) in [5.41, 5.74) is -0.781. The van der Waals surface area contributed by atoms with E-state index in [0.717, 1.165) is 0 Å². The quantitative estimate of drug-likeness (QED) is 0.386. The SMILES string of the molecule is C=N[C@@H]1C[C@@]2(CN1C(=O)[C@H](CC(C)C)NC(=O)O[C@@H](c1ccccc1)C(F)(F)F)C(=O)Nc1ccc(F)cc12. The minimum Gasteiger partial charge on any atom is -0.432 e. The van der Waals surface area contributed by atoms with Crippen molar-refractivity contribution >= 4 is 30.3 Å². The van der Waals surface area contributed by atoms with E-state index in [4.69, 9.17) is 4.74 Å². The van der Waals surface area contributed by atoms with Crippen LogP contribution in [0.4, 0.5) is 28.0 Å². The van der Waals surface area contributed by atoms with E-state index in [2.05, 4.69) is 22.3 Å². The number of benzene rings is 2. The number of nitrogens with zero attached hydrogens (tertiary/aromatic N) is 2. The summed E-state index contributed by atoms with van der Waals surface area (Å²) in [5, 5.41) is 4.99. The number of nitrogens with one attached hydrogen (secondary N) is 2. The zero-order chi connectivity index (χ0) is 28.5. The van der Waals surface area contributed by atoms with E-state index in [1.165, 1.54) is 53.4 Å². The van der Waals surface area contributed by atoms with E-state index in [0.29, 0.717) is 11.3 Å². The highest BCUT2D eigenvalue weighted by molar-refractivity contribution is 6.07. The fraction of sp³-hybridized carbons (Fsp3) is 0.407. The van der Waals surface area contributed by atoms with Gasteiger partial charge in [-0.1, -0.05) is 44.2 Å². The highest BCUT2D eigenvalue weighted by Crippen LogP contribution is 2.47.